The maximum atomic E-state index is 13.9. The minimum Gasteiger partial charge on any atom is -0.494 e. The summed E-state index contributed by atoms with van der Waals surface area (Å²) >= 11 is 0. The molecule has 0 saturated heterocycles. The van der Waals surface area contributed by atoms with Crippen LogP contribution in [0.1, 0.15) is 41.5 Å². The second-order valence-electron chi connectivity index (χ2n) is 6.36. The maximum Gasteiger partial charge on any atom is 0.330 e. The van der Waals surface area contributed by atoms with E-state index in [1.54, 1.807) is 11.6 Å². The van der Waals surface area contributed by atoms with E-state index in [9.17, 15) is 19.1 Å². The number of nitrogens with zero attached hydrogens (tertiary/aromatic N) is 2. The van der Waals surface area contributed by atoms with Gasteiger partial charge in [0.2, 0.25) is 0 Å². The number of benzene rings is 1. The van der Waals surface area contributed by atoms with Gasteiger partial charge in [-0.3, -0.25) is 9.48 Å². The Bertz CT molecular complexity index is 817. The van der Waals surface area contributed by atoms with E-state index in [0.29, 0.717) is 18.2 Å². The molecule has 1 unspecified atom stereocenters. The molecule has 0 aliphatic carbocycles. The molecule has 1 aromatic heterocycles. The minimum atomic E-state index is -1.39. The van der Waals surface area contributed by atoms with Gasteiger partial charge in [0.25, 0.3) is 5.91 Å². The number of hydrogen-bond donors (Lipinski definition) is 2. The van der Waals surface area contributed by atoms with Crippen LogP contribution in [-0.2, 0) is 11.3 Å². The molecule has 2 rings (SSSR count). The summed E-state index contributed by atoms with van der Waals surface area (Å²) in [6.45, 7) is 6.44. The summed E-state index contributed by atoms with van der Waals surface area (Å²) in [6.07, 6.45) is 1.40. The minimum absolute atomic E-state index is 0.00461. The molecule has 0 spiro atoms. The van der Waals surface area contributed by atoms with Gasteiger partial charge in [0.05, 0.1) is 18.9 Å². The zero-order chi connectivity index (χ0) is 19.4. The fraction of sp³-hybridized carbons (Fsp3) is 0.389. The molecule has 1 amide bonds. The van der Waals surface area contributed by atoms with Gasteiger partial charge in [-0.1, -0.05) is 19.9 Å². The van der Waals surface area contributed by atoms with Crippen molar-refractivity contribution >= 4 is 11.9 Å². The van der Waals surface area contributed by atoms with Crippen molar-refractivity contribution in [3.8, 4) is 5.75 Å². The van der Waals surface area contributed by atoms with Gasteiger partial charge < -0.3 is 15.2 Å². The first-order valence-electron chi connectivity index (χ1n) is 8.14. The van der Waals surface area contributed by atoms with E-state index < -0.39 is 23.7 Å². The average Bonchev–Trinajstić information content (AvgIpc) is 2.92. The van der Waals surface area contributed by atoms with Crippen LogP contribution in [0.2, 0.25) is 0 Å². The molecular weight excluding hydrogens is 341 g/mol. The number of carboxylic acid groups (broad SMARTS) is 1. The summed E-state index contributed by atoms with van der Waals surface area (Å²) in [6, 6.07) is 2.36. The normalized spacial score (nSPS) is 12.1. The molecular formula is C18H22FN3O4. The fourth-order valence-corrected chi connectivity index (χ4v) is 2.56. The smallest absolute Gasteiger partial charge is 0.330 e. The van der Waals surface area contributed by atoms with E-state index in [2.05, 4.69) is 10.4 Å². The van der Waals surface area contributed by atoms with Gasteiger partial charge in [-0.2, -0.15) is 5.10 Å². The number of amides is 1. The van der Waals surface area contributed by atoms with Gasteiger partial charge in [0.1, 0.15) is 0 Å². The molecule has 2 aromatic rings. The summed E-state index contributed by atoms with van der Waals surface area (Å²) in [7, 11) is 1.31. The van der Waals surface area contributed by atoms with Crippen LogP contribution in [0.3, 0.4) is 0 Å². The Kier molecular flexibility index (Phi) is 5.97. The topological polar surface area (TPSA) is 93.5 Å². The van der Waals surface area contributed by atoms with Gasteiger partial charge in [-0.15, -0.1) is 0 Å². The average molecular weight is 363 g/mol. The van der Waals surface area contributed by atoms with Gasteiger partial charge in [0, 0.05) is 12.2 Å². The summed E-state index contributed by atoms with van der Waals surface area (Å²) in [5, 5.41) is 16.0. The van der Waals surface area contributed by atoms with Crippen molar-refractivity contribution in [1.29, 1.82) is 0 Å². The van der Waals surface area contributed by atoms with Gasteiger partial charge in [-0.25, -0.2) is 9.18 Å². The van der Waals surface area contributed by atoms with Crippen LogP contribution in [0.25, 0.3) is 0 Å². The van der Waals surface area contributed by atoms with E-state index in [1.807, 2.05) is 13.8 Å². The zero-order valence-corrected chi connectivity index (χ0v) is 15.1. The summed E-state index contributed by atoms with van der Waals surface area (Å²) in [5.74, 6) is -2.24. The number of carbonyl (C=O) groups excluding carboxylic acids is 1. The fourth-order valence-electron chi connectivity index (χ4n) is 2.56. The number of methoxy groups -OCH3 is 1. The molecule has 0 aliphatic heterocycles. The van der Waals surface area contributed by atoms with Crippen LogP contribution in [-0.4, -0.2) is 33.9 Å². The molecule has 0 saturated carbocycles. The number of ether oxygens (including phenoxy) is 1. The second kappa shape index (κ2) is 7.99. The standard InChI is InChI=1S/C18H22FN3O4/c1-10(2)9-22-11(3)13(8-20-22)17(23)21-16(18(24)25)12-5-6-15(26-4)14(19)7-12/h5-8,10,16H,9H2,1-4H3,(H,21,23)(H,24,25). The number of rotatable bonds is 7. The lowest BCUT2D eigenvalue weighted by atomic mass is 10.1. The first-order chi connectivity index (χ1) is 12.2. The quantitative estimate of drug-likeness (QED) is 0.788. The monoisotopic (exact) mass is 363 g/mol. The first-order valence-corrected chi connectivity index (χ1v) is 8.14. The molecule has 1 atom stereocenters. The highest BCUT2D eigenvalue weighted by atomic mass is 19.1. The summed E-state index contributed by atoms with van der Waals surface area (Å²) < 4.78 is 20.4. The lowest BCUT2D eigenvalue weighted by Gasteiger charge is -2.16. The van der Waals surface area contributed by atoms with E-state index >= 15 is 0 Å². The molecule has 0 fully saturated rings. The van der Waals surface area contributed by atoms with Crippen molar-refractivity contribution in [2.45, 2.75) is 33.4 Å². The molecule has 1 aromatic carbocycles. The predicted molar refractivity (Wildman–Crippen MR) is 92.6 cm³/mol. The Morgan fingerprint density at radius 3 is 2.62 bits per heavy atom. The molecule has 0 bridgehead atoms. The summed E-state index contributed by atoms with van der Waals surface area (Å²) in [4.78, 5) is 24.1. The molecule has 0 radical (unpaired) electrons. The van der Waals surface area contributed by atoms with Crippen LogP contribution in [0.5, 0.6) is 5.75 Å². The molecule has 140 valence electrons. The molecule has 2 N–H and O–H groups in total. The predicted octanol–water partition coefficient (Wildman–Crippen LogP) is 2.55. The van der Waals surface area contributed by atoms with Crippen LogP contribution >= 0.6 is 0 Å². The maximum absolute atomic E-state index is 13.9. The number of aliphatic carboxylic acids is 1. The Balaban J connectivity index is 2.25. The highest BCUT2D eigenvalue weighted by molar-refractivity contribution is 5.97. The SMILES string of the molecule is COc1ccc(C(NC(=O)c2cnn(CC(C)C)c2C)C(=O)O)cc1F. The Labute approximate surface area is 150 Å². The Morgan fingerprint density at radius 2 is 2.08 bits per heavy atom. The number of nitrogens with one attached hydrogen (secondary N) is 1. The Morgan fingerprint density at radius 1 is 1.38 bits per heavy atom. The highest BCUT2D eigenvalue weighted by Gasteiger charge is 2.25. The first kappa shape index (κ1) is 19.4. The van der Waals surface area contributed by atoms with Crippen LogP contribution in [0.15, 0.2) is 24.4 Å². The van der Waals surface area contributed by atoms with Gasteiger partial charge in [-0.05, 0) is 30.5 Å². The number of hydrogen-bond acceptors (Lipinski definition) is 4. The van der Waals surface area contributed by atoms with E-state index in [0.717, 1.165) is 6.07 Å². The van der Waals surface area contributed by atoms with Crippen molar-refractivity contribution in [3.05, 3.63) is 47.0 Å². The second-order valence-corrected chi connectivity index (χ2v) is 6.36. The molecule has 0 aliphatic rings. The van der Waals surface area contributed by atoms with Gasteiger partial charge >= 0.3 is 5.97 Å². The lowest BCUT2D eigenvalue weighted by molar-refractivity contribution is -0.139. The van der Waals surface area contributed by atoms with E-state index in [1.165, 1.54) is 25.4 Å². The van der Waals surface area contributed by atoms with Crippen molar-refractivity contribution < 1.29 is 23.8 Å². The molecule has 7 nitrogen and oxygen atoms in total. The highest BCUT2D eigenvalue weighted by Crippen LogP contribution is 2.23. The van der Waals surface area contributed by atoms with Gasteiger partial charge in [0.15, 0.2) is 17.6 Å². The number of carbonyl (C=O) groups is 2. The third kappa shape index (κ3) is 4.19. The molecule has 1 heterocycles. The lowest BCUT2D eigenvalue weighted by Crippen LogP contribution is -2.34. The third-order valence-electron chi connectivity index (χ3n) is 3.92. The van der Waals surface area contributed by atoms with E-state index in [-0.39, 0.29) is 16.9 Å². The number of carboxylic acids is 1. The number of halogens is 1. The van der Waals surface area contributed by atoms with Crippen LogP contribution in [0, 0.1) is 18.7 Å². The summed E-state index contributed by atoms with van der Waals surface area (Å²) in [5.41, 5.74) is 1.03. The Hall–Kier alpha value is -2.90. The third-order valence-corrected chi connectivity index (χ3v) is 3.92. The zero-order valence-electron chi connectivity index (χ0n) is 15.1. The van der Waals surface area contributed by atoms with Crippen LogP contribution < -0.4 is 10.1 Å². The largest absolute Gasteiger partial charge is 0.494 e. The van der Waals surface area contributed by atoms with Crippen LogP contribution in [0.4, 0.5) is 4.39 Å². The molecule has 8 heteroatoms. The molecule has 26 heavy (non-hydrogen) atoms. The van der Waals surface area contributed by atoms with Crippen molar-refractivity contribution in [3.63, 3.8) is 0 Å². The van der Waals surface area contributed by atoms with Crippen molar-refractivity contribution in [2.24, 2.45) is 5.92 Å². The van der Waals surface area contributed by atoms with E-state index in [4.69, 9.17) is 4.74 Å². The number of aromatic nitrogens is 2. The van der Waals surface area contributed by atoms with Crippen molar-refractivity contribution in [1.82, 2.24) is 15.1 Å². The van der Waals surface area contributed by atoms with Crippen molar-refractivity contribution in [2.75, 3.05) is 7.11 Å².